The first-order chi connectivity index (χ1) is 8.79. The molecular weight excluding hydrogens is 247 g/mol. The van der Waals surface area contributed by atoms with Crippen molar-refractivity contribution in [3.05, 3.63) is 52.2 Å². The van der Waals surface area contributed by atoms with Crippen molar-refractivity contribution in [3.8, 4) is 0 Å². The molecule has 4 heteroatoms. The lowest BCUT2D eigenvalue weighted by molar-refractivity contribution is 0.519. The lowest BCUT2D eigenvalue weighted by atomic mass is 10.0. The largest absolute Gasteiger partial charge is 0.310 e. The summed E-state index contributed by atoms with van der Waals surface area (Å²) < 4.78 is 12.9. The van der Waals surface area contributed by atoms with E-state index in [2.05, 4.69) is 22.6 Å². The Labute approximate surface area is 111 Å². The van der Waals surface area contributed by atoms with Crippen LogP contribution in [0.15, 0.2) is 35.2 Å². The van der Waals surface area contributed by atoms with Crippen molar-refractivity contribution in [3.63, 3.8) is 0 Å². The van der Waals surface area contributed by atoms with E-state index in [0.717, 1.165) is 30.6 Å². The monoisotopic (exact) mass is 264 g/mol. The molecule has 0 saturated heterocycles. The maximum absolute atomic E-state index is 12.9. The summed E-state index contributed by atoms with van der Waals surface area (Å²) >= 11 is 1.62. The fourth-order valence-electron chi connectivity index (χ4n) is 1.93. The molecule has 0 saturated carbocycles. The third-order valence-corrected chi connectivity index (χ3v) is 3.57. The van der Waals surface area contributed by atoms with Crippen LogP contribution in [0.1, 0.15) is 30.6 Å². The number of benzene rings is 1. The van der Waals surface area contributed by atoms with Gasteiger partial charge in [-0.1, -0.05) is 19.1 Å². The van der Waals surface area contributed by atoms with E-state index < -0.39 is 0 Å². The lowest BCUT2D eigenvalue weighted by Crippen LogP contribution is -2.23. The van der Waals surface area contributed by atoms with Gasteiger partial charge in [0.15, 0.2) is 0 Å². The minimum atomic E-state index is -0.184. The minimum Gasteiger partial charge on any atom is -0.310 e. The number of hydrogen-bond acceptors (Lipinski definition) is 3. The van der Waals surface area contributed by atoms with Crippen molar-refractivity contribution in [1.82, 2.24) is 10.3 Å². The molecule has 0 bridgehead atoms. The normalized spacial score (nSPS) is 12.6. The Morgan fingerprint density at radius 1 is 1.33 bits per heavy atom. The number of nitrogens with zero attached hydrogens (tertiary/aromatic N) is 1. The first-order valence-corrected chi connectivity index (χ1v) is 7.09. The Kier molecular flexibility index (Phi) is 4.84. The van der Waals surface area contributed by atoms with E-state index in [9.17, 15) is 4.39 Å². The van der Waals surface area contributed by atoms with E-state index in [-0.39, 0.29) is 11.9 Å². The SMILES string of the molecule is CCC(NCCc1cscn1)c1ccc(F)cc1. The third-order valence-electron chi connectivity index (χ3n) is 2.94. The number of rotatable bonds is 6. The second-order valence-corrected chi connectivity index (χ2v) is 4.91. The molecule has 1 unspecified atom stereocenters. The molecule has 1 N–H and O–H groups in total. The molecule has 0 spiro atoms. The molecule has 2 nitrogen and oxygen atoms in total. The van der Waals surface area contributed by atoms with Crippen molar-refractivity contribution in [2.75, 3.05) is 6.54 Å². The van der Waals surface area contributed by atoms with Gasteiger partial charge in [0.2, 0.25) is 0 Å². The number of aromatic nitrogens is 1. The molecule has 0 aliphatic rings. The molecule has 1 aromatic carbocycles. The first kappa shape index (κ1) is 13.2. The molecular formula is C14H17FN2S. The number of thiazole rings is 1. The summed E-state index contributed by atoms with van der Waals surface area (Å²) in [4.78, 5) is 4.25. The molecule has 0 radical (unpaired) electrons. The van der Waals surface area contributed by atoms with Crippen molar-refractivity contribution in [2.24, 2.45) is 0 Å². The van der Waals surface area contributed by atoms with Gasteiger partial charge >= 0.3 is 0 Å². The molecule has 1 heterocycles. The molecule has 1 atom stereocenters. The van der Waals surface area contributed by atoms with Gasteiger partial charge in [-0.2, -0.15) is 0 Å². The second kappa shape index (κ2) is 6.61. The first-order valence-electron chi connectivity index (χ1n) is 6.15. The highest BCUT2D eigenvalue weighted by molar-refractivity contribution is 7.07. The highest BCUT2D eigenvalue weighted by Crippen LogP contribution is 2.16. The van der Waals surface area contributed by atoms with E-state index in [1.165, 1.54) is 12.1 Å². The van der Waals surface area contributed by atoms with Gasteiger partial charge in [-0.15, -0.1) is 11.3 Å². The maximum atomic E-state index is 12.9. The third kappa shape index (κ3) is 3.62. The summed E-state index contributed by atoms with van der Waals surface area (Å²) in [6, 6.07) is 7.00. The van der Waals surface area contributed by atoms with Crippen LogP contribution in [0, 0.1) is 5.82 Å². The highest BCUT2D eigenvalue weighted by Gasteiger charge is 2.08. The Morgan fingerprint density at radius 3 is 2.72 bits per heavy atom. The summed E-state index contributed by atoms with van der Waals surface area (Å²) in [6.45, 7) is 3.02. The van der Waals surface area contributed by atoms with E-state index >= 15 is 0 Å². The molecule has 0 aliphatic heterocycles. The Morgan fingerprint density at radius 2 is 2.11 bits per heavy atom. The van der Waals surface area contributed by atoms with Gasteiger partial charge in [-0.05, 0) is 24.1 Å². The predicted octanol–water partition coefficient (Wildman–Crippen LogP) is 3.57. The quantitative estimate of drug-likeness (QED) is 0.863. The second-order valence-electron chi connectivity index (χ2n) is 4.20. The maximum Gasteiger partial charge on any atom is 0.123 e. The summed E-state index contributed by atoms with van der Waals surface area (Å²) in [7, 11) is 0. The minimum absolute atomic E-state index is 0.184. The van der Waals surface area contributed by atoms with Crippen LogP contribution in [0.4, 0.5) is 4.39 Å². The van der Waals surface area contributed by atoms with Crippen LogP contribution in [0.5, 0.6) is 0 Å². The summed E-state index contributed by atoms with van der Waals surface area (Å²) in [5.74, 6) is -0.184. The van der Waals surface area contributed by atoms with Gasteiger partial charge in [0.1, 0.15) is 5.82 Å². The van der Waals surface area contributed by atoms with Gasteiger partial charge in [-0.25, -0.2) is 9.37 Å². The molecule has 1 aromatic heterocycles. The van der Waals surface area contributed by atoms with Crippen molar-refractivity contribution < 1.29 is 4.39 Å². The smallest absolute Gasteiger partial charge is 0.123 e. The van der Waals surface area contributed by atoms with E-state index in [1.54, 1.807) is 11.3 Å². The summed E-state index contributed by atoms with van der Waals surface area (Å²) in [5, 5.41) is 5.56. The van der Waals surface area contributed by atoms with Gasteiger partial charge in [0, 0.05) is 24.4 Å². The van der Waals surface area contributed by atoms with Gasteiger partial charge in [-0.3, -0.25) is 0 Å². The molecule has 0 fully saturated rings. The number of halogens is 1. The fraction of sp³-hybridized carbons (Fsp3) is 0.357. The van der Waals surface area contributed by atoms with Crippen LogP contribution in [0.25, 0.3) is 0 Å². The molecule has 2 rings (SSSR count). The molecule has 2 aromatic rings. The van der Waals surface area contributed by atoms with Crippen molar-refractivity contribution >= 4 is 11.3 Å². The Balaban J connectivity index is 1.87. The zero-order chi connectivity index (χ0) is 12.8. The average molecular weight is 264 g/mol. The number of hydrogen-bond donors (Lipinski definition) is 1. The van der Waals surface area contributed by atoms with Crippen LogP contribution >= 0.6 is 11.3 Å². The van der Waals surface area contributed by atoms with Crippen molar-refractivity contribution in [2.45, 2.75) is 25.8 Å². The van der Waals surface area contributed by atoms with Crippen LogP contribution < -0.4 is 5.32 Å². The molecule has 96 valence electrons. The Hall–Kier alpha value is -1.26. The fourth-order valence-corrected chi connectivity index (χ4v) is 2.52. The highest BCUT2D eigenvalue weighted by atomic mass is 32.1. The van der Waals surface area contributed by atoms with Crippen molar-refractivity contribution in [1.29, 1.82) is 0 Å². The van der Waals surface area contributed by atoms with Crippen LogP contribution in [-0.4, -0.2) is 11.5 Å². The van der Waals surface area contributed by atoms with Gasteiger partial charge in [0.05, 0.1) is 11.2 Å². The van der Waals surface area contributed by atoms with E-state index in [1.807, 2.05) is 17.6 Å². The predicted molar refractivity (Wildman–Crippen MR) is 73.3 cm³/mol. The van der Waals surface area contributed by atoms with Crippen LogP contribution in [0.3, 0.4) is 0 Å². The molecule has 0 aliphatic carbocycles. The zero-order valence-electron chi connectivity index (χ0n) is 10.4. The summed E-state index contributed by atoms with van der Waals surface area (Å²) in [6.07, 6.45) is 1.92. The summed E-state index contributed by atoms with van der Waals surface area (Å²) in [5.41, 5.74) is 4.12. The van der Waals surface area contributed by atoms with Gasteiger partial charge < -0.3 is 5.32 Å². The average Bonchev–Trinajstić information content (AvgIpc) is 2.89. The molecule has 18 heavy (non-hydrogen) atoms. The lowest BCUT2D eigenvalue weighted by Gasteiger charge is -2.17. The van der Waals surface area contributed by atoms with E-state index in [0.29, 0.717) is 0 Å². The topological polar surface area (TPSA) is 24.9 Å². The van der Waals surface area contributed by atoms with Gasteiger partial charge in [0.25, 0.3) is 0 Å². The van der Waals surface area contributed by atoms with Crippen LogP contribution in [-0.2, 0) is 6.42 Å². The Bertz CT molecular complexity index is 453. The standard InChI is InChI=1S/C14H17FN2S/c1-2-14(11-3-5-12(15)6-4-11)16-8-7-13-9-18-10-17-13/h3-6,9-10,14,16H,2,7-8H2,1H3. The molecule has 0 amide bonds. The zero-order valence-corrected chi connectivity index (χ0v) is 11.2. The van der Waals surface area contributed by atoms with Crippen LogP contribution in [0.2, 0.25) is 0 Å². The number of nitrogens with one attached hydrogen (secondary N) is 1. The van der Waals surface area contributed by atoms with E-state index in [4.69, 9.17) is 0 Å².